The summed E-state index contributed by atoms with van der Waals surface area (Å²) in [6.07, 6.45) is 12.0. The smallest absolute Gasteiger partial charge is 0.0545 e. The Morgan fingerprint density at radius 2 is 1.61 bits per heavy atom. The Balaban J connectivity index is 1.60. The lowest BCUT2D eigenvalue weighted by molar-refractivity contribution is -0.120. The van der Waals surface area contributed by atoms with E-state index >= 15 is 0 Å². The molecule has 4 fully saturated rings. The largest absolute Gasteiger partial charge is 0.393 e. The second-order valence-corrected chi connectivity index (χ2v) is 10.2. The summed E-state index contributed by atoms with van der Waals surface area (Å²) in [7, 11) is 0. The lowest BCUT2D eigenvalue weighted by Gasteiger charge is -2.61. The molecule has 4 saturated carbocycles. The Morgan fingerprint density at radius 3 is 2.35 bits per heavy atom. The first-order valence-corrected chi connectivity index (χ1v) is 10.3. The summed E-state index contributed by atoms with van der Waals surface area (Å²) in [6.45, 7) is 7.17. The van der Waals surface area contributed by atoms with E-state index in [4.69, 9.17) is 5.73 Å². The van der Waals surface area contributed by atoms with Crippen molar-refractivity contribution in [2.45, 2.75) is 90.7 Å². The molecule has 0 aromatic carbocycles. The highest BCUT2D eigenvalue weighted by atomic mass is 16.3. The molecule has 4 aliphatic carbocycles. The van der Waals surface area contributed by atoms with Gasteiger partial charge in [-0.3, -0.25) is 0 Å². The lowest BCUT2D eigenvalue weighted by atomic mass is 9.44. The number of aliphatic hydroxyl groups excluding tert-OH is 1. The molecule has 0 spiro atoms. The highest BCUT2D eigenvalue weighted by Gasteiger charge is 2.60. The first kappa shape index (κ1) is 16.4. The molecule has 4 rings (SSSR count). The zero-order valence-electron chi connectivity index (χ0n) is 15.4. The predicted octanol–water partition coefficient (Wildman–Crippen LogP) is 4.35. The van der Waals surface area contributed by atoms with Gasteiger partial charge in [-0.15, -0.1) is 0 Å². The highest BCUT2D eigenvalue weighted by molar-refractivity contribution is 5.09. The van der Waals surface area contributed by atoms with Crippen molar-refractivity contribution in [2.75, 3.05) is 0 Å². The number of hydrogen-bond acceptors (Lipinski definition) is 2. The van der Waals surface area contributed by atoms with E-state index in [2.05, 4.69) is 13.8 Å². The molecule has 0 saturated heterocycles. The van der Waals surface area contributed by atoms with Crippen molar-refractivity contribution < 1.29 is 5.11 Å². The van der Waals surface area contributed by atoms with E-state index in [0.717, 1.165) is 23.7 Å². The summed E-state index contributed by atoms with van der Waals surface area (Å²) in [6, 6.07) is 0.463. The fraction of sp³-hybridized carbons (Fsp3) is 1.00. The van der Waals surface area contributed by atoms with E-state index in [1.807, 2.05) is 6.92 Å². The van der Waals surface area contributed by atoms with E-state index in [0.29, 0.717) is 22.8 Å². The summed E-state index contributed by atoms with van der Waals surface area (Å²) in [4.78, 5) is 0. The molecule has 4 aliphatic rings. The Bertz CT molecular complexity index is 463. The molecule has 0 bridgehead atoms. The van der Waals surface area contributed by atoms with Crippen molar-refractivity contribution in [3.05, 3.63) is 0 Å². The summed E-state index contributed by atoms with van der Waals surface area (Å²) >= 11 is 0. The van der Waals surface area contributed by atoms with Crippen LogP contribution in [0.1, 0.15) is 78.6 Å². The van der Waals surface area contributed by atoms with Gasteiger partial charge in [-0.25, -0.2) is 0 Å². The molecule has 0 aromatic heterocycles. The number of nitrogens with two attached hydrogens (primary N) is 1. The van der Waals surface area contributed by atoms with Crippen LogP contribution >= 0.6 is 0 Å². The third kappa shape index (κ3) is 2.27. The Morgan fingerprint density at radius 1 is 0.913 bits per heavy atom. The minimum absolute atomic E-state index is 0.124. The van der Waals surface area contributed by atoms with Gasteiger partial charge in [0.1, 0.15) is 0 Å². The van der Waals surface area contributed by atoms with E-state index in [1.54, 1.807) is 0 Å². The van der Waals surface area contributed by atoms with Crippen LogP contribution in [0.25, 0.3) is 0 Å². The van der Waals surface area contributed by atoms with E-state index < -0.39 is 0 Å². The molecule has 2 heteroatoms. The zero-order valence-corrected chi connectivity index (χ0v) is 15.4. The Hall–Kier alpha value is -0.0800. The van der Waals surface area contributed by atoms with Gasteiger partial charge in [-0.05, 0) is 105 Å². The fourth-order valence-electron chi connectivity index (χ4n) is 8.12. The Labute approximate surface area is 142 Å². The summed E-state index contributed by atoms with van der Waals surface area (Å²) in [5, 5.41) is 10.3. The lowest BCUT2D eigenvalue weighted by Crippen LogP contribution is -2.55. The molecular formula is C21H37NO. The third-order valence-electron chi connectivity index (χ3n) is 9.36. The maximum Gasteiger partial charge on any atom is 0.0545 e. The van der Waals surface area contributed by atoms with Gasteiger partial charge in [-0.2, -0.15) is 0 Å². The van der Waals surface area contributed by atoms with Crippen LogP contribution in [-0.2, 0) is 0 Å². The highest BCUT2D eigenvalue weighted by Crippen LogP contribution is 2.67. The van der Waals surface area contributed by atoms with Crippen LogP contribution in [0.3, 0.4) is 0 Å². The van der Waals surface area contributed by atoms with Gasteiger partial charge < -0.3 is 10.8 Å². The van der Waals surface area contributed by atoms with Crippen LogP contribution in [0.5, 0.6) is 0 Å². The Kier molecular flexibility index (Phi) is 3.89. The second-order valence-electron chi connectivity index (χ2n) is 10.2. The van der Waals surface area contributed by atoms with E-state index in [9.17, 15) is 5.11 Å². The fourth-order valence-corrected chi connectivity index (χ4v) is 8.12. The molecule has 2 nitrogen and oxygen atoms in total. The van der Waals surface area contributed by atoms with Crippen LogP contribution in [0.2, 0.25) is 0 Å². The van der Waals surface area contributed by atoms with Crippen LogP contribution in [0, 0.1) is 40.4 Å². The van der Waals surface area contributed by atoms with Crippen LogP contribution < -0.4 is 5.73 Å². The second kappa shape index (κ2) is 5.46. The first-order chi connectivity index (χ1) is 10.9. The van der Waals surface area contributed by atoms with Crippen molar-refractivity contribution in [3.8, 4) is 0 Å². The molecule has 0 amide bonds. The molecule has 0 unspecified atom stereocenters. The predicted molar refractivity (Wildman–Crippen MR) is 94.9 cm³/mol. The van der Waals surface area contributed by atoms with Gasteiger partial charge in [0.2, 0.25) is 0 Å². The molecule has 0 radical (unpaired) electrons. The van der Waals surface area contributed by atoms with E-state index in [1.165, 1.54) is 57.8 Å². The zero-order chi connectivity index (χ0) is 16.4. The van der Waals surface area contributed by atoms with Gasteiger partial charge in [0.15, 0.2) is 0 Å². The van der Waals surface area contributed by atoms with Crippen LogP contribution in [0.15, 0.2) is 0 Å². The van der Waals surface area contributed by atoms with Crippen molar-refractivity contribution in [1.82, 2.24) is 0 Å². The third-order valence-corrected chi connectivity index (χ3v) is 9.36. The van der Waals surface area contributed by atoms with Gasteiger partial charge in [0, 0.05) is 6.04 Å². The maximum atomic E-state index is 10.3. The molecule has 3 N–H and O–H groups in total. The number of hydrogen-bond donors (Lipinski definition) is 2. The molecule has 132 valence electrons. The average molecular weight is 320 g/mol. The molecule has 0 heterocycles. The van der Waals surface area contributed by atoms with Crippen LogP contribution in [0.4, 0.5) is 0 Å². The van der Waals surface area contributed by atoms with Crippen LogP contribution in [-0.4, -0.2) is 17.3 Å². The maximum absolute atomic E-state index is 10.3. The van der Waals surface area contributed by atoms with Crippen molar-refractivity contribution in [2.24, 2.45) is 46.2 Å². The summed E-state index contributed by atoms with van der Waals surface area (Å²) in [5.74, 6) is 4.14. The van der Waals surface area contributed by atoms with Gasteiger partial charge in [0.05, 0.1) is 6.10 Å². The summed E-state index contributed by atoms with van der Waals surface area (Å²) < 4.78 is 0. The number of fused-ring (bicyclic) bond motifs is 5. The SMILES string of the molecule is C[C@H](O)[C@H]1CC[C@H]2[C@@H]3CC[C@H]4C[C@@H](N)CC[C@]4(C)[C@H]3CC[C@]12C. The number of rotatable bonds is 1. The summed E-state index contributed by atoms with van der Waals surface area (Å²) in [5.41, 5.74) is 7.26. The molecule has 9 atom stereocenters. The normalized spacial score (nSPS) is 57.3. The van der Waals surface area contributed by atoms with Crippen molar-refractivity contribution >= 4 is 0 Å². The topological polar surface area (TPSA) is 46.2 Å². The average Bonchev–Trinajstić information content (AvgIpc) is 2.85. The molecule has 23 heavy (non-hydrogen) atoms. The first-order valence-electron chi connectivity index (χ1n) is 10.3. The van der Waals surface area contributed by atoms with Crippen molar-refractivity contribution in [3.63, 3.8) is 0 Å². The standard InChI is InChI=1S/C21H37NO/c1-13(23)17-6-7-18-16-5-4-14-12-15(22)8-10-20(14,2)19(16)9-11-21(17,18)3/h13-19,23H,4-12,22H2,1-3H3/t13-,14-,15-,16-,17+,18-,19-,20-,21+/m0/s1. The monoisotopic (exact) mass is 319 g/mol. The minimum atomic E-state index is -0.124. The quantitative estimate of drug-likeness (QED) is 0.754. The van der Waals surface area contributed by atoms with Gasteiger partial charge in [-0.1, -0.05) is 13.8 Å². The molecule has 0 aliphatic heterocycles. The molecule has 0 aromatic rings. The number of aliphatic hydroxyl groups is 1. The molecular weight excluding hydrogens is 282 g/mol. The van der Waals surface area contributed by atoms with Gasteiger partial charge >= 0.3 is 0 Å². The minimum Gasteiger partial charge on any atom is -0.393 e. The van der Waals surface area contributed by atoms with E-state index in [-0.39, 0.29) is 6.10 Å². The van der Waals surface area contributed by atoms with Crippen molar-refractivity contribution in [1.29, 1.82) is 0 Å². The van der Waals surface area contributed by atoms with Gasteiger partial charge in [0.25, 0.3) is 0 Å².